The van der Waals surface area contributed by atoms with Crippen molar-refractivity contribution in [1.29, 1.82) is 0 Å². The van der Waals surface area contributed by atoms with Crippen LogP contribution >= 0.6 is 0 Å². The maximum Gasteiger partial charge on any atom is 0.239 e. The fourth-order valence-electron chi connectivity index (χ4n) is 1.64. The molecule has 2 heterocycles. The number of nitrogens with zero attached hydrogens (tertiary/aromatic N) is 3. The molecule has 14 heavy (non-hydrogen) atoms. The van der Waals surface area contributed by atoms with Crippen molar-refractivity contribution in [2.24, 2.45) is 5.73 Å². The van der Waals surface area contributed by atoms with Gasteiger partial charge in [0.1, 0.15) is 0 Å². The molecule has 5 heteroatoms. The lowest BCUT2D eigenvalue weighted by molar-refractivity contribution is -0.128. The summed E-state index contributed by atoms with van der Waals surface area (Å²) in [6.07, 6.45) is 4.40. The van der Waals surface area contributed by atoms with E-state index in [0.29, 0.717) is 6.54 Å². The lowest BCUT2D eigenvalue weighted by atomic mass is 10.3. The van der Waals surface area contributed by atoms with Crippen molar-refractivity contribution in [3.05, 3.63) is 18.5 Å². The lowest BCUT2D eigenvalue weighted by Crippen LogP contribution is -2.35. The van der Waals surface area contributed by atoms with Crippen LogP contribution in [0.2, 0.25) is 0 Å². The van der Waals surface area contributed by atoms with Gasteiger partial charge < -0.3 is 10.6 Å². The highest BCUT2D eigenvalue weighted by Gasteiger charge is 2.27. The van der Waals surface area contributed by atoms with Gasteiger partial charge in [0.05, 0.1) is 12.6 Å². The van der Waals surface area contributed by atoms with E-state index in [0.717, 1.165) is 19.5 Å². The van der Waals surface area contributed by atoms with E-state index in [9.17, 15) is 4.79 Å². The van der Waals surface area contributed by atoms with Crippen molar-refractivity contribution < 1.29 is 4.79 Å². The SMILES string of the molecule is NC1CCN(CCn2cccn2)C1=O. The molecular formula is C9H14N4O. The Morgan fingerprint density at radius 2 is 2.43 bits per heavy atom. The molecule has 1 amide bonds. The van der Waals surface area contributed by atoms with Crippen LogP contribution in [0, 0.1) is 0 Å². The van der Waals surface area contributed by atoms with Crippen LogP contribution in [0.3, 0.4) is 0 Å². The lowest BCUT2D eigenvalue weighted by Gasteiger charge is -2.15. The standard InChI is InChI=1S/C9H14N4O/c10-8-2-5-12(9(8)14)6-7-13-4-1-3-11-13/h1,3-4,8H,2,5-7,10H2. The zero-order valence-corrected chi connectivity index (χ0v) is 7.97. The molecule has 1 aromatic rings. The maximum absolute atomic E-state index is 11.4. The van der Waals surface area contributed by atoms with Crippen molar-refractivity contribution in [3.63, 3.8) is 0 Å². The molecule has 0 bridgehead atoms. The molecule has 1 aromatic heterocycles. The Kier molecular flexibility index (Phi) is 2.49. The van der Waals surface area contributed by atoms with Crippen LogP contribution in [0.4, 0.5) is 0 Å². The molecule has 1 unspecified atom stereocenters. The summed E-state index contributed by atoms with van der Waals surface area (Å²) in [5, 5.41) is 4.07. The summed E-state index contributed by atoms with van der Waals surface area (Å²) in [7, 11) is 0. The Bertz CT molecular complexity index is 309. The highest BCUT2D eigenvalue weighted by molar-refractivity contribution is 5.83. The van der Waals surface area contributed by atoms with E-state index in [2.05, 4.69) is 5.10 Å². The molecule has 1 aliphatic rings. The zero-order chi connectivity index (χ0) is 9.97. The van der Waals surface area contributed by atoms with E-state index < -0.39 is 0 Å². The quantitative estimate of drug-likeness (QED) is 0.701. The Labute approximate surface area is 82.5 Å². The van der Waals surface area contributed by atoms with Crippen molar-refractivity contribution >= 4 is 5.91 Å². The molecule has 0 aromatic carbocycles. The third-order valence-electron chi connectivity index (χ3n) is 2.50. The fourth-order valence-corrected chi connectivity index (χ4v) is 1.64. The number of carbonyl (C=O) groups is 1. The molecule has 76 valence electrons. The summed E-state index contributed by atoms with van der Waals surface area (Å²) < 4.78 is 1.82. The molecule has 0 radical (unpaired) electrons. The van der Waals surface area contributed by atoms with Gasteiger partial charge in [-0.3, -0.25) is 9.48 Å². The molecule has 1 saturated heterocycles. The summed E-state index contributed by atoms with van der Waals surface area (Å²) in [6.45, 7) is 2.22. The van der Waals surface area contributed by atoms with Crippen molar-refractivity contribution in [3.8, 4) is 0 Å². The highest BCUT2D eigenvalue weighted by Crippen LogP contribution is 2.08. The summed E-state index contributed by atoms with van der Waals surface area (Å²) in [4.78, 5) is 13.2. The van der Waals surface area contributed by atoms with Crippen molar-refractivity contribution in [1.82, 2.24) is 14.7 Å². The van der Waals surface area contributed by atoms with Gasteiger partial charge in [-0.2, -0.15) is 5.10 Å². The number of hydrogen-bond acceptors (Lipinski definition) is 3. The molecule has 2 rings (SSSR count). The third-order valence-corrected chi connectivity index (χ3v) is 2.50. The molecule has 1 atom stereocenters. The smallest absolute Gasteiger partial charge is 0.239 e. The Morgan fingerprint density at radius 1 is 1.57 bits per heavy atom. The van der Waals surface area contributed by atoms with E-state index in [1.54, 1.807) is 11.1 Å². The Balaban J connectivity index is 1.84. The maximum atomic E-state index is 11.4. The molecule has 2 N–H and O–H groups in total. The van der Waals surface area contributed by atoms with Crippen LogP contribution in [-0.2, 0) is 11.3 Å². The fraction of sp³-hybridized carbons (Fsp3) is 0.556. The van der Waals surface area contributed by atoms with Crippen LogP contribution in [0.15, 0.2) is 18.5 Å². The zero-order valence-electron chi connectivity index (χ0n) is 7.97. The van der Waals surface area contributed by atoms with Gasteiger partial charge in [-0.05, 0) is 12.5 Å². The summed E-state index contributed by atoms with van der Waals surface area (Å²) in [5.74, 6) is 0.0668. The molecule has 0 spiro atoms. The summed E-state index contributed by atoms with van der Waals surface area (Å²) in [5.41, 5.74) is 5.60. The average molecular weight is 194 g/mol. The van der Waals surface area contributed by atoms with Gasteiger partial charge in [0.2, 0.25) is 5.91 Å². The van der Waals surface area contributed by atoms with E-state index in [-0.39, 0.29) is 11.9 Å². The molecule has 5 nitrogen and oxygen atoms in total. The molecular weight excluding hydrogens is 180 g/mol. The second-order valence-electron chi connectivity index (χ2n) is 3.49. The summed E-state index contributed by atoms with van der Waals surface area (Å²) in [6, 6.07) is 1.59. The average Bonchev–Trinajstić information content (AvgIpc) is 2.77. The minimum Gasteiger partial charge on any atom is -0.339 e. The van der Waals surface area contributed by atoms with Gasteiger partial charge in [-0.15, -0.1) is 0 Å². The number of hydrogen-bond donors (Lipinski definition) is 1. The first-order valence-corrected chi connectivity index (χ1v) is 4.79. The van der Waals surface area contributed by atoms with Crippen LogP contribution in [0.25, 0.3) is 0 Å². The number of amides is 1. The minimum atomic E-state index is -0.285. The van der Waals surface area contributed by atoms with Gasteiger partial charge in [0.25, 0.3) is 0 Å². The van der Waals surface area contributed by atoms with Gasteiger partial charge >= 0.3 is 0 Å². The predicted molar refractivity (Wildman–Crippen MR) is 51.4 cm³/mol. The normalized spacial score (nSPS) is 21.9. The van der Waals surface area contributed by atoms with Gasteiger partial charge in [0.15, 0.2) is 0 Å². The molecule has 1 aliphatic heterocycles. The topological polar surface area (TPSA) is 64.2 Å². The molecule has 0 aliphatic carbocycles. The number of nitrogens with two attached hydrogens (primary N) is 1. The number of carbonyl (C=O) groups excluding carboxylic acids is 1. The van der Waals surface area contributed by atoms with Crippen molar-refractivity contribution in [2.75, 3.05) is 13.1 Å². The van der Waals surface area contributed by atoms with E-state index in [1.807, 2.05) is 16.9 Å². The monoisotopic (exact) mass is 194 g/mol. The first kappa shape index (κ1) is 9.21. The van der Waals surface area contributed by atoms with Gasteiger partial charge in [0, 0.05) is 25.5 Å². The van der Waals surface area contributed by atoms with Gasteiger partial charge in [-0.25, -0.2) is 0 Å². The van der Waals surface area contributed by atoms with Crippen LogP contribution in [0.1, 0.15) is 6.42 Å². The Hall–Kier alpha value is -1.36. The van der Waals surface area contributed by atoms with E-state index in [4.69, 9.17) is 5.73 Å². The number of aromatic nitrogens is 2. The number of rotatable bonds is 3. The predicted octanol–water partition coefficient (Wildman–Crippen LogP) is -0.557. The van der Waals surface area contributed by atoms with Crippen LogP contribution < -0.4 is 5.73 Å². The van der Waals surface area contributed by atoms with E-state index >= 15 is 0 Å². The first-order valence-electron chi connectivity index (χ1n) is 4.79. The van der Waals surface area contributed by atoms with Crippen LogP contribution in [-0.4, -0.2) is 39.7 Å². The minimum absolute atomic E-state index is 0.0668. The summed E-state index contributed by atoms with van der Waals surface area (Å²) >= 11 is 0. The largest absolute Gasteiger partial charge is 0.339 e. The van der Waals surface area contributed by atoms with E-state index in [1.165, 1.54) is 0 Å². The highest BCUT2D eigenvalue weighted by atomic mass is 16.2. The van der Waals surface area contributed by atoms with Gasteiger partial charge in [-0.1, -0.05) is 0 Å². The third kappa shape index (κ3) is 1.77. The number of likely N-dealkylation sites (tertiary alicyclic amines) is 1. The second-order valence-corrected chi connectivity index (χ2v) is 3.49. The molecule has 0 saturated carbocycles. The first-order chi connectivity index (χ1) is 6.77. The van der Waals surface area contributed by atoms with Crippen LogP contribution in [0.5, 0.6) is 0 Å². The second kappa shape index (κ2) is 3.79. The Morgan fingerprint density at radius 3 is 3.00 bits per heavy atom. The molecule has 1 fully saturated rings. The van der Waals surface area contributed by atoms with Crippen molar-refractivity contribution in [2.45, 2.75) is 19.0 Å².